The van der Waals surface area contributed by atoms with Crippen molar-refractivity contribution >= 4 is 22.7 Å². The molecular formula is C23H20N4O5. The first-order valence-electron chi connectivity index (χ1n) is 10.1. The van der Waals surface area contributed by atoms with Crippen molar-refractivity contribution in [3.05, 3.63) is 64.7 Å². The summed E-state index contributed by atoms with van der Waals surface area (Å²) in [6.45, 7) is 2.79. The molecule has 0 spiro atoms. The van der Waals surface area contributed by atoms with Crippen LogP contribution in [-0.2, 0) is 9.53 Å². The molecule has 1 aliphatic heterocycles. The van der Waals surface area contributed by atoms with Gasteiger partial charge in [0.1, 0.15) is 29.3 Å². The van der Waals surface area contributed by atoms with Gasteiger partial charge in [0.05, 0.1) is 19.4 Å². The quantitative estimate of drug-likeness (QED) is 0.489. The summed E-state index contributed by atoms with van der Waals surface area (Å²) in [6.07, 6.45) is 0. The largest absolute Gasteiger partial charge is 0.497 e. The summed E-state index contributed by atoms with van der Waals surface area (Å²) in [4.78, 5) is 31.7. The lowest BCUT2D eigenvalue weighted by atomic mass is 10.1. The van der Waals surface area contributed by atoms with Crippen molar-refractivity contribution in [1.29, 1.82) is 0 Å². The first-order valence-corrected chi connectivity index (χ1v) is 10.1. The Morgan fingerprint density at radius 1 is 1.00 bits per heavy atom. The van der Waals surface area contributed by atoms with E-state index in [4.69, 9.17) is 14.0 Å². The number of amides is 1. The molecule has 162 valence electrons. The fraction of sp³-hybridized carbons (Fsp3) is 0.217. The number of morpholine rings is 1. The van der Waals surface area contributed by atoms with Gasteiger partial charge in [0.25, 0.3) is 17.2 Å². The van der Waals surface area contributed by atoms with E-state index in [9.17, 15) is 9.59 Å². The molecule has 0 N–H and O–H groups in total. The Hall–Kier alpha value is -3.98. The van der Waals surface area contributed by atoms with Gasteiger partial charge < -0.3 is 18.9 Å². The number of aryl methyl sites for hydroxylation is 1. The molecule has 0 radical (unpaired) electrons. The first kappa shape index (κ1) is 20.0. The second-order valence-electron chi connectivity index (χ2n) is 7.35. The predicted molar refractivity (Wildman–Crippen MR) is 117 cm³/mol. The van der Waals surface area contributed by atoms with E-state index in [2.05, 4.69) is 10.1 Å². The molecule has 9 nitrogen and oxygen atoms in total. The van der Waals surface area contributed by atoms with Gasteiger partial charge in [-0.15, -0.1) is 0 Å². The van der Waals surface area contributed by atoms with Crippen LogP contribution in [0.1, 0.15) is 5.82 Å². The maximum absolute atomic E-state index is 13.5. The number of carbonyl (C=O) groups excluding carboxylic acids is 1. The molecule has 2 aromatic heterocycles. The Balaban J connectivity index is 1.58. The Bertz CT molecular complexity index is 1360. The van der Waals surface area contributed by atoms with Crippen LogP contribution in [-0.4, -0.2) is 47.5 Å². The summed E-state index contributed by atoms with van der Waals surface area (Å²) in [5.74, 6) is 1.08. The Morgan fingerprint density at radius 2 is 1.72 bits per heavy atom. The molecule has 5 rings (SSSR count). The van der Waals surface area contributed by atoms with Crippen molar-refractivity contribution in [2.45, 2.75) is 6.92 Å². The molecule has 0 aliphatic carbocycles. The fourth-order valence-electron chi connectivity index (χ4n) is 3.83. The van der Waals surface area contributed by atoms with Crippen LogP contribution in [0.2, 0.25) is 0 Å². The lowest BCUT2D eigenvalue weighted by Gasteiger charge is -2.27. The Labute approximate surface area is 182 Å². The highest BCUT2D eigenvalue weighted by molar-refractivity contribution is 5.95. The summed E-state index contributed by atoms with van der Waals surface area (Å²) in [7, 11) is 1.59. The number of benzene rings is 2. The lowest BCUT2D eigenvalue weighted by molar-refractivity contribution is -0.125. The van der Waals surface area contributed by atoms with Crippen molar-refractivity contribution in [1.82, 2.24) is 14.7 Å². The highest BCUT2D eigenvalue weighted by atomic mass is 16.5. The van der Waals surface area contributed by atoms with E-state index in [1.165, 1.54) is 4.57 Å². The zero-order valence-corrected chi connectivity index (χ0v) is 17.6. The molecule has 4 aromatic rings. The van der Waals surface area contributed by atoms with E-state index in [0.717, 1.165) is 11.3 Å². The van der Waals surface area contributed by atoms with E-state index < -0.39 is 0 Å². The average molecular weight is 432 g/mol. The van der Waals surface area contributed by atoms with E-state index in [0.29, 0.717) is 41.5 Å². The number of hydrogen-bond acceptors (Lipinski definition) is 7. The summed E-state index contributed by atoms with van der Waals surface area (Å²) in [5, 5.41) is 4.39. The van der Waals surface area contributed by atoms with Crippen molar-refractivity contribution in [3.8, 4) is 22.7 Å². The molecule has 32 heavy (non-hydrogen) atoms. The van der Waals surface area contributed by atoms with Crippen molar-refractivity contribution in [2.75, 3.05) is 31.8 Å². The number of aromatic nitrogens is 3. The van der Waals surface area contributed by atoms with Gasteiger partial charge in [-0.05, 0) is 55.5 Å². The van der Waals surface area contributed by atoms with Gasteiger partial charge in [0, 0.05) is 17.8 Å². The Morgan fingerprint density at radius 3 is 2.41 bits per heavy atom. The molecule has 0 saturated carbocycles. The highest BCUT2D eigenvalue weighted by Gasteiger charge is 2.22. The normalized spacial score (nSPS) is 14.2. The molecular weight excluding hydrogens is 412 g/mol. The third kappa shape index (κ3) is 3.32. The van der Waals surface area contributed by atoms with Crippen LogP contribution in [0, 0.1) is 6.92 Å². The van der Waals surface area contributed by atoms with Crippen LogP contribution >= 0.6 is 0 Å². The maximum Gasteiger partial charge on any atom is 0.271 e. The van der Waals surface area contributed by atoms with Crippen molar-refractivity contribution < 1.29 is 18.8 Å². The van der Waals surface area contributed by atoms with Crippen LogP contribution in [0.5, 0.6) is 5.75 Å². The van der Waals surface area contributed by atoms with E-state index >= 15 is 0 Å². The molecule has 1 amide bonds. The third-order valence-corrected chi connectivity index (χ3v) is 5.45. The zero-order valence-electron chi connectivity index (χ0n) is 17.6. The smallest absolute Gasteiger partial charge is 0.271 e. The second-order valence-corrected chi connectivity index (χ2v) is 7.35. The maximum atomic E-state index is 13.5. The third-order valence-electron chi connectivity index (χ3n) is 5.45. The number of ether oxygens (including phenoxy) is 2. The van der Waals surface area contributed by atoms with Gasteiger partial charge in [-0.1, -0.05) is 5.16 Å². The summed E-state index contributed by atoms with van der Waals surface area (Å²) >= 11 is 0. The van der Waals surface area contributed by atoms with Crippen LogP contribution in [0.15, 0.2) is 57.8 Å². The second kappa shape index (κ2) is 7.93. The molecule has 0 unspecified atom stereocenters. The minimum atomic E-state index is -0.283. The molecule has 1 fully saturated rings. The topological polar surface area (TPSA) is 99.7 Å². The number of methoxy groups -OCH3 is 1. The SMILES string of the molecule is COc1ccc(-c2noc3nc(C)n(-c4ccc(N5CCOCC5=O)cc4)c(=O)c23)cc1. The number of carbonyl (C=O) groups is 1. The van der Waals surface area contributed by atoms with Gasteiger partial charge >= 0.3 is 0 Å². The minimum Gasteiger partial charge on any atom is -0.497 e. The summed E-state index contributed by atoms with van der Waals surface area (Å²) < 4.78 is 17.3. The Kier molecular flexibility index (Phi) is 4.95. The number of rotatable bonds is 4. The summed E-state index contributed by atoms with van der Waals surface area (Å²) in [5.41, 5.74) is 2.43. The van der Waals surface area contributed by atoms with E-state index in [-0.39, 0.29) is 23.8 Å². The van der Waals surface area contributed by atoms with Crippen LogP contribution < -0.4 is 15.2 Å². The molecule has 0 bridgehead atoms. The predicted octanol–water partition coefficient (Wildman–Crippen LogP) is 2.72. The van der Waals surface area contributed by atoms with Gasteiger partial charge in [-0.25, -0.2) is 0 Å². The number of fused-ring (bicyclic) bond motifs is 1. The fourth-order valence-corrected chi connectivity index (χ4v) is 3.83. The van der Waals surface area contributed by atoms with Crippen LogP contribution in [0.25, 0.3) is 28.0 Å². The van der Waals surface area contributed by atoms with E-state index in [1.54, 1.807) is 43.2 Å². The minimum absolute atomic E-state index is 0.0720. The number of anilines is 1. The van der Waals surface area contributed by atoms with Gasteiger partial charge in [0.2, 0.25) is 0 Å². The molecule has 9 heteroatoms. The standard InChI is InChI=1S/C23H20N4O5/c1-14-24-22-20(21(25-32-22)15-3-9-18(30-2)10-4-15)23(29)27(14)17-7-5-16(6-8-17)26-11-12-31-13-19(26)28/h3-10H,11-13H2,1-2H3. The van der Waals surface area contributed by atoms with Gasteiger partial charge in [-0.2, -0.15) is 4.98 Å². The lowest BCUT2D eigenvalue weighted by Crippen LogP contribution is -2.41. The average Bonchev–Trinajstić information content (AvgIpc) is 3.24. The van der Waals surface area contributed by atoms with Crippen LogP contribution in [0.3, 0.4) is 0 Å². The number of hydrogen-bond donors (Lipinski definition) is 0. The molecule has 2 aromatic carbocycles. The molecule has 1 aliphatic rings. The highest BCUT2D eigenvalue weighted by Crippen LogP contribution is 2.27. The molecule has 0 atom stereocenters. The molecule has 3 heterocycles. The van der Waals surface area contributed by atoms with Gasteiger partial charge in [-0.3, -0.25) is 14.2 Å². The summed E-state index contributed by atoms with van der Waals surface area (Å²) in [6, 6.07) is 14.4. The van der Waals surface area contributed by atoms with Crippen molar-refractivity contribution in [3.63, 3.8) is 0 Å². The monoisotopic (exact) mass is 432 g/mol. The molecule has 1 saturated heterocycles. The zero-order chi connectivity index (χ0) is 22.2. The number of nitrogens with zero attached hydrogens (tertiary/aromatic N) is 4. The van der Waals surface area contributed by atoms with Crippen molar-refractivity contribution in [2.24, 2.45) is 0 Å². The van der Waals surface area contributed by atoms with Crippen LogP contribution in [0.4, 0.5) is 5.69 Å². The first-order chi connectivity index (χ1) is 15.6. The van der Waals surface area contributed by atoms with E-state index in [1.807, 2.05) is 24.3 Å². The van der Waals surface area contributed by atoms with Gasteiger partial charge in [0.15, 0.2) is 0 Å².